The molecule has 0 bridgehead atoms. The van der Waals surface area contributed by atoms with Gasteiger partial charge in [-0.25, -0.2) is 4.98 Å². The SMILES string of the molecule is Cc1nc(-c2c(N)nsc2NCCCC(F)(F)F)cs1. The van der Waals surface area contributed by atoms with Crippen LogP contribution >= 0.6 is 22.9 Å². The van der Waals surface area contributed by atoms with Crippen molar-refractivity contribution in [2.75, 3.05) is 17.6 Å². The van der Waals surface area contributed by atoms with Gasteiger partial charge in [-0.2, -0.15) is 17.5 Å². The van der Waals surface area contributed by atoms with Crippen LogP contribution in [0.1, 0.15) is 17.8 Å². The summed E-state index contributed by atoms with van der Waals surface area (Å²) in [6.07, 6.45) is -4.92. The number of nitrogen functional groups attached to an aromatic ring is 1. The Kier molecular flexibility index (Phi) is 4.48. The Bertz CT molecular complexity index is 576. The first-order valence-corrected chi connectivity index (χ1v) is 7.50. The maximum absolute atomic E-state index is 12.1. The van der Waals surface area contributed by atoms with Gasteiger partial charge in [-0.3, -0.25) is 0 Å². The van der Waals surface area contributed by atoms with Crippen LogP contribution in [-0.4, -0.2) is 22.1 Å². The second kappa shape index (κ2) is 5.96. The van der Waals surface area contributed by atoms with Gasteiger partial charge in [0.1, 0.15) is 10.8 Å². The summed E-state index contributed by atoms with van der Waals surface area (Å²) in [5.74, 6) is 0.346. The molecule has 20 heavy (non-hydrogen) atoms. The molecule has 4 nitrogen and oxygen atoms in total. The van der Waals surface area contributed by atoms with Gasteiger partial charge in [0.2, 0.25) is 0 Å². The number of rotatable bonds is 5. The molecule has 0 aromatic carbocycles. The van der Waals surface area contributed by atoms with Gasteiger partial charge in [-0.05, 0) is 24.9 Å². The molecule has 0 amide bonds. The average molecular weight is 322 g/mol. The Morgan fingerprint density at radius 1 is 1.40 bits per heavy atom. The largest absolute Gasteiger partial charge is 0.389 e. The molecule has 3 N–H and O–H groups in total. The van der Waals surface area contributed by atoms with Crippen molar-refractivity contribution in [2.45, 2.75) is 25.9 Å². The van der Waals surface area contributed by atoms with Crippen molar-refractivity contribution in [3.05, 3.63) is 10.4 Å². The zero-order valence-corrected chi connectivity index (χ0v) is 12.3. The Labute approximate surface area is 122 Å². The van der Waals surface area contributed by atoms with E-state index < -0.39 is 12.6 Å². The van der Waals surface area contributed by atoms with Gasteiger partial charge in [0.05, 0.1) is 16.3 Å². The lowest BCUT2D eigenvalue weighted by molar-refractivity contribution is -0.134. The van der Waals surface area contributed by atoms with E-state index >= 15 is 0 Å². The Balaban J connectivity index is 2.03. The molecule has 0 aliphatic heterocycles. The summed E-state index contributed by atoms with van der Waals surface area (Å²) >= 11 is 2.62. The van der Waals surface area contributed by atoms with E-state index in [1.54, 1.807) is 0 Å². The summed E-state index contributed by atoms with van der Waals surface area (Å²) in [5.41, 5.74) is 7.18. The van der Waals surface area contributed by atoms with Crippen molar-refractivity contribution >= 4 is 33.7 Å². The third-order valence-corrected chi connectivity index (χ3v) is 4.11. The van der Waals surface area contributed by atoms with Gasteiger partial charge in [0, 0.05) is 18.3 Å². The maximum Gasteiger partial charge on any atom is 0.389 e. The summed E-state index contributed by atoms with van der Waals surface area (Å²) < 4.78 is 40.2. The van der Waals surface area contributed by atoms with Crippen LogP contribution in [-0.2, 0) is 0 Å². The van der Waals surface area contributed by atoms with Crippen LogP contribution in [0, 0.1) is 6.92 Å². The van der Waals surface area contributed by atoms with Crippen LogP contribution in [0.4, 0.5) is 24.0 Å². The minimum Gasteiger partial charge on any atom is -0.382 e. The van der Waals surface area contributed by atoms with Gasteiger partial charge in [0.25, 0.3) is 0 Å². The second-order valence-electron chi connectivity index (χ2n) is 4.17. The Morgan fingerprint density at radius 2 is 2.15 bits per heavy atom. The normalized spacial score (nSPS) is 11.8. The highest BCUT2D eigenvalue weighted by Gasteiger charge is 2.26. The molecule has 0 radical (unpaired) electrons. The molecule has 0 aliphatic rings. The molecule has 2 aromatic rings. The maximum atomic E-state index is 12.1. The van der Waals surface area contributed by atoms with Crippen molar-refractivity contribution in [1.29, 1.82) is 0 Å². The first-order valence-electron chi connectivity index (χ1n) is 5.85. The molecule has 9 heteroatoms. The van der Waals surface area contributed by atoms with Gasteiger partial charge < -0.3 is 11.1 Å². The molecule has 0 aliphatic carbocycles. The number of thiazole rings is 1. The van der Waals surface area contributed by atoms with E-state index in [2.05, 4.69) is 14.7 Å². The van der Waals surface area contributed by atoms with Crippen molar-refractivity contribution in [3.63, 3.8) is 0 Å². The third-order valence-electron chi connectivity index (χ3n) is 2.52. The number of nitrogens with two attached hydrogens (primary N) is 1. The zero-order valence-electron chi connectivity index (χ0n) is 10.6. The molecule has 0 unspecified atom stereocenters. The Morgan fingerprint density at radius 3 is 2.75 bits per heavy atom. The molecule has 0 atom stereocenters. The van der Waals surface area contributed by atoms with E-state index in [1.807, 2.05) is 12.3 Å². The molecule has 0 saturated heterocycles. The van der Waals surface area contributed by atoms with E-state index in [4.69, 9.17) is 5.73 Å². The fourth-order valence-corrected chi connectivity index (χ4v) is 2.99. The summed E-state index contributed by atoms with van der Waals surface area (Å²) in [6.45, 7) is 2.10. The number of halogens is 3. The standard InChI is InChI=1S/C11H13F3N4S2/c1-6-17-7(5-19-6)8-9(15)18-20-10(8)16-4-2-3-11(12,13)14/h5,16H,2-4H2,1H3,(H2,15,18). The van der Waals surface area contributed by atoms with Crippen LogP contribution < -0.4 is 11.1 Å². The van der Waals surface area contributed by atoms with Crippen LogP contribution in [0.25, 0.3) is 11.3 Å². The number of nitrogens with one attached hydrogen (secondary N) is 1. The number of anilines is 2. The highest BCUT2D eigenvalue weighted by molar-refractivity contribution is 7.11. The monoisotopic (exact) mass is 322 g/mol. The fourth-order valence-electron chi connectivity index (χ4n) is 1.64. The van der Waals surface area contributed by atoms with Crippen LogP contribution in [0.15, 0.2) is 5.38 Å². The minimum absolute atomic E-state index is 0.0108. The number of hydrogen-bond donors (Lipinski definition) is 2. The summed E-state index contributed by atoms with van der Waals surface area (Å²) in [4.78, 5) is 4.33. The van der Waals surface area contributed by atoms with Crippen molar-refractivity contribution in [1.82, 2.24) is 9.36 Å². The Hall–Kier alpha value is -1.35. The molecule has 0 spiro atoms. The molecule has 0 fully saturated rings. The number of hydrogen-bond acceptors (Lipinski definition) is 6. The molecule has 110 valence electrons. The van der Waals surface area contributed by atoms with Crippen LogP contribution in [0.3, 0.4) is 0 Å². The summed E-state index contributed by atoms with van der Waals surface area (Å²) in [7, 11) is 0. The molecule has 0 saturated carbocycles. The highest BCUT2D eigenvalue weighted by atomic mass is 32.1. The van der Waals surface area contributed by atoms with E-state index in [0.717, 1.165) is 16.5 Å². The topological polar surface area (TPSA) is 63.8 Å². The summed E-state index contributed by atoms with van der Waals surface area (Å²) in [5, 5.41) is 6.37. The highest BCUT2D eigenvalue weighted by Crippen LogP contribution is 2.37. The molecular formula is C11H13F3N4S2. The minimum atomic E-state index is -4.12. The molecular weight excluding hydrogens is 309 g/mol. The number of nitrogens with zero attached hydrogens (tertiary/aromatic N) is 2. The smallest absolute Gasteiger partial charge is 0.382 e. The van der Waals surface area contributed by atoms with Crippen LogP contribution in [0.2, 0.25) is 0 Å². The first-order chi connectivity index (χ1) is 9.37. The van der Waals surface area contributed by atoms with E-state index in [9.17, 15) is 13.2 Å². The lowest BCUT2D eigenvalue weighted by atomic mass is 10.2. The van der Waals surface area contributed by atoms with Crippen LogP contribution in [0.5, 0.6) is 0 Å². The zero-order chi connectivity index (χ0) is 14.8. The van der Waals surface area contributed by atoms with Gasteiger partial charge in [0.15, 0.2) is 0 Å². The molecule has 2 rings (SSSR count). The predicted molar refractivity (Wildman–Crippen MR) is 76.2 cm³/mol. The first kappa shape index (κ1) is 15.0. The van der Waals surface area contributed by atoms with Gasteiger partial charge in [-0.15, -0.1) is 11.3 Å². The lowest BCUT2D eigenvalue weighted by Crippen LogP contribution is -2.10. The van der Waals surface area contributed by atoms with E-state index in [0.29, 0.717) is 22.1 Å². The molecule has 2 heterocycles. The van der Waals surface area contributed by atoms with Crippen molar-refractivity contribution < 1.29 is 13.2 Å². The second-order valence-corrected chi connectivity index (χ2v) is 6.00. The quantitative estimate of drug-likeness (QED) is 0.819. The van der Waals surface area contributed by atoms with E-state index in [-0.39, 0.29) is 13.0 Å². The van der Waals surface area contributed by atoms with Crippen molar-refractivity contribution in [3.8, 4) is 11.3 Å². The molecule has 2 aromatic heterocycles. The van der Waals surface area contributed by atoms with Gasteiger partial charge in [-0.1, -0.05) is 0 Å². The lowest BCUT2D eigenvalue weighted by Gasteiger charge is -2.07. The fraction of sp³-hybridized carbons (Fsp3) is 0.455. The van der Waals surface area contributed by atoms with Crippen molar-refractivity contribution in [2.24, 2.45) is 0 Å². The third kappa shape index (κ3) is 3.83. The van der Waals surface area contributed by atoms with E-state index in [1.165, 1.54) is 11.3 Å². The number of aryl methyl sites for hydroxylation is 1. The number of aromatic nitrogens is 2. The predicted octanol–water partition coefficient (Wildman–Crippen LogP) is 3.91. The number of alkyl halides is 3. The van der Waals surface area contributed by atoms with Gasteiger partial charge >= 0.3 is 6.18 Å². The summed E-state index contributed by atoms with van der Waals surface area (Å²) in [6, 6.07) is 0. The average Bonchev–Trinajstić information content (AvgIpc) is 2.90.